The fraction of sp³-hybridized carbons (Fsp3) is 0.273. The molecule has 0 saturated carbocycles. The lowest BCUT2D eigenvalue weighted by Gasteiger charge is -2.05. The Labute approximate surface area is 117 Å². The van der Waals surface area contributed by atoms with Crippen molar-refractivity contribution in [2.24, 2.45) is 0 Å². The van der Waals surface area contributed by atoms with E-state index < -0.39 is 10.9 Å². The second kappa shape index (κ2) is 6.30. The first-order valence-corrected chi connectivity index (χ1v) is 6.10. The zero-order valence-electron chi connectivity index (χ0n) is 9.47. The summed E-state index contributed by atoms with van der Waals surface area (Å²) in [6.07, 6.45) is -0.00120. The molecule has 0 heterocycles. The zero-order valence-corrected chi connectivity index (χ0v) is 11.6. The minimum absolute atomic E-state index is 0.00120. The molecular weight excluding hydrogens is 351 g/mol. The van der Waals surface area contributed by atoms with Gasteiger partial charge in [-0.3, -0.25) is 14.9 Å². The monoisotopic (exact) mass is 360 g/mol. The number of ether oxygens (including phenoxy) is 1. The van der Waals surface area contributed by atoms with E-state index in [1.165, 1.54) is 12.1 Å². The van der Waals surface area contributed by atoms with E-state index in [1.54, 1.807) is 13.0 Å². The van der Waals surface area contributed by atoms with Crippen LogP contribution < -0.4 is 0 Å². The average Bonchev–Trinajstić information content (AvgIpc) is 2.31. The molecule has 1 aromatic rings. The first kappa shape index (κ1) is 14.4. The van der Waals surface area contributed by atoms with E-state index in [1.807, 2.05) is 22.6 Å². The number of benzene rings is 1. The second-order valence-electron chi connectivity index (χ2n) is 3.31. The van der Waals surface area contributed by atoms with Crippen LogP contribution in [0.25, 0.3) is 0 Å². The molecule has 0 aromatic heterocycles. The summed E-state index contributed by atoms with van der Waals surface area (Å²) in [5, 5.41) is 19.6. The van der Waals surface area contributed by atoms with Gasteiger partial charge in [0.1, 0.15) is 11.6 Å². The Bertz CT molecular complexity index is 537. The van der Waals surface area contributed by atoms with Crippen molar-refractivity contribution in [2.45, 2.75) is 13.3 Å². The van der Waals surface area contributed by atoms with Gasteiger partial charge >= 0.3 is 5.97 Å². The smallest absolute Gasteiger partial charge is 0.310 e. The molecule has 6 nitrogen and oxygen atoms in total. The molecule has 0 amide bonds. The van der Waals surface area contributed by atoms with Crippen LogP contribution in [-0.4, -0.2) is 17.5 Å². The maximum Gasteiger partial charge on any atom is 0.310 e. The van der Waals surface area contributed by atoms with Gasteiger partial charge in [-0.15, -0.1) is 0 Å². The zero-order chi connectivity index (χ0) is 13.7. The number of hydrogen-bond donors (Lipinski definition) is 0. The Balaban J connectivity index is 3.13. The highest BCUT2D eigenvalue weighted by Crippen LogP contribution is 2.25. The summed E-state index contributed by atoms with van der Waals surface area (Å²) in [7, 11) is 0. The van der Waals surface area contributed by atoms with Crippen LogP contribution in [0, 0.1) is 25.0 Å². The molecule has 0 N–H and O–H groups in total. The molecule has 0 fully saturated rings. The van der Waals surface area contributed by atoms with Gasteiger partial charge in [0.25, 0.3) is 5.69 Å². The Kier molecular flexibility index (Phi) is 5.03. The molecule has 0 aliphatic rings. The molecule has 0 aliphatic carbocycles. The second-order valence-corrected chi connectivity index (χ2v) is 4.47. The van der Waals surface area contributed by atoms with Crippen molar-refractivity contribution in [1.82, 2.24) is 0 Å². The maximum absolute atomic E-state index is 11.3. The summed E-state index contributed by atoms with van der Waals surface area (Å²) >= 11 is 1.89. The minimum atomic E-state index is -0.616. The molecule has 0 radical (unpaired) electrons. The normalized spacial score (nSPS) is 9.61. The highest BCUT2D eigenvalue weighted by atomic mass is 127. The molecule has 1 rings (SSSR count). The third-order valence-electron chi connectivity index (χ3n) is 2.12. The van der Waals surface area contributed by atoms with Gasteiger partial charge in [0.2, 0.25) is 0 Å². The van der Waals surface area contributed by atoms with Crippen LogP contribution in [0.1, 0.15) is 18.1 Å². The Morgan fingerprint density at radius 3 is 2.78 bits per heavy atom. The van der Waals surface area contributed by atoms with E-state index in [4.69, 9.17) is 10.00 Å². The summed E-state index contributed by atoms with van der Waals surface area (Å²) < 4.78 is 5.35. The largest absolute Gasteiger partial charge is 0.466 e. The van der Waals surface area contributed by atoms with E-state index in [0.717, 1.165) is 0 Å². The van der Waals surface area contributed by atoms with Crippen molar-refractivity contribution in [1.29, 1.82) is 5.26 Å². The number of carbonyl (C=O) groups is 1. The number of carbonyl (C=O) groups excluding carboxylic acids is 1. The van der Waals surface area contributed by atoms with Crippen molar-refractivity contribution in [2.75, 3.05) is 6.61 Å². The average molecular weight is 360 g/mol. The van der Waals surface area contributed by atoms with Crippen LogP contribution in [0.15, 0.2) is 12.1 Å². The molecule has 0 spiro atoms. The van der Waals surface area contributed by atoms with Crippen molar-refractivity contribution in [3.05, 3.63) is 36.9 Å². The van der Waals surface area contributed by atoms with Crippen LogP contribution in [0.3, 0.4) is 0 Å². The van der Waals surface area contributed by atoms with Crippen LogP contribution >= 0.6 is 22.6 Å². The predicted octanol–water partition coefficient (Wildman–Crippen LogP) is 2.18. The number of nitro benzene ring substituents is 1. The summed E-state index contributed by atoms with van der Waals surface area (Å²) in [6, 6.07) is 4.40. The van der Waals surface area contributed by atoms with Crippen LogP contribution in [-0.2, 0) is 16.0 Å². The lowest BCUT2D eigenvalue weighted by atomic mass is 10.1. The number of esters is 1. The quantitative estimate of drug-likeness (QED) is 0.355. The number of hydrogen-bond acceptors (Lipinski definition) is 5. The highest BCUT2D eigenvalue weighted by Gasteiger charge is 2.18. The molecule has 7 heteroatoms. The van der Waals surface area contributed by atoms with E-state index >= 15 is 0 Å². The molecule has 94 valence electrons. The number of nitriles is 1. The summed E-state index contributed by atoms with van der Waals surface area (Å²) in [4.78, 5) is 21.5. The highest BCUT2D eigenvalue weighted by molar-refractivity contribution is 14.1. The van der Waals surface area contributed by atoms with Gasteiger partial charge in [-0.05, 0) is 41.1 Å². The molecule has 0 aliphatic heterocycles. The Morgan fingerprint density at radius 2 is 2.28 bits per heavy atom. The Morgan fingerprint density at radius 1 is 1.61 bits per heavy atom. The van der Waals surface area contributed by atoms with Gasteiger partial charge in [-0.1, -0.05) is 0 Å². The summed E-state index contributed by atoms with van der Waals surface area (Å²) in [6.45, 7) is 1.97. The fourth-order valence-corrected chi connectivity index (χ4v) is 1.99. The molecular formula is C11H9IN2O4. The molecule has 0 unspecified atom stereocenters. The Hall–Kier alpha value is -1.69. The summed E-state index contributed by atoms with van der Waals surface area (Å²) in [5.41, 5.74) is 0.241. The number of nitro groups is 1. The third-order valence-corrected chi connectivity index (χ3v) is 3.13. The molecule has 1 aromatic carbocycles. The molecule has 0 bridgehead atoms. The lowest BCUT2D eigenvalue weighted by Crippen LogP contribution is -2.09. The number of halogens is 1. The van der Waals surface area contributed by atoms with Gasteiger partial charge in [0.15, 0.2) is 0 Å². The van der Waals surface area contributed by atoms with Crippen molar-refractivity contribution in [3.63, 3.8) is 0 Å². The topological polar surface area (TPSA) is 93.2 Å². The van der Waals surface area contributed by atoms with Crippen LogP contribution in [0.5, 0.6) is 0 Å². The summed E-state index contributed by atoms with van der Waals surface area (Å²) in [5.74, 6) is -0.423. The van der Waals surface area contributed by atoms with E-state index in [2.05, 4.69) is 0 Å². The van der Waals surface area contributed by atoms with E-state index in [0.29, 0.717) is 9.13 Å². The lowest BCUT2D eigenvalue weighted by molar-refractivity contribution is -0.385. The van der Waals surface area contributed by atoms with Gasteiger partial charge < -0.3 is 4.74 Å². The molecule has 0 atom stereocenters. The van der Waals surface area contributed by atoms with Crippen molar-refractivity contribution >= 4 is 34.2 Å². The minimum Gasteiger partial charge on any atom is -0.466 e. The SMILES string of the molecule is CCOC(=O)Cc1cc(C#N)c([N+](=O)[O-])cc1I. The van der Waals surface area contributed by atoms with Crippen LogP contribution in [0.4, 0.5) is 5.69 Å². The van der Waals surface area contributed by atoms with Crippen molar-refractivity contribution < 1.29 is 14.5 Å². The van der Waals surface area contributed by atoms with Gasteiger partial charge in [-0.25, -0.2) is 0 Å². The van der Waals surface area contributed by atoms with Gasteiger partial charge in [0, 0.05) is 9.64 Å². The number of nitrogens with zero attached hydrogens (tertiary/aromatic N) is 2. The van der Waals surface area contributed by atoms with Crippen molar-refractivity contribution in [3.8, 4) is 6.07 Å². The van der Waals surface area contributed by atoms with E-state index in [-0.39, 0.29) is 24.3 Å². The van der Waals surface area contributed by atoms with E-state index in [9.17, 15) is 14.9 Å². The van der Waals surface area contributed by atoms with Gasteiger partial charge in [-0.2, -0.15) is 5.26 Å². The molecule has 0 saturated heterocycles. The number of rotatable bonds is 4. The standard InChI is InChI=1S/C11H9IN2O4/c1-2-18-11(15)4-7-3-8(6-13)10(14(16)17)5-9(7)12/h3,5H,2,4H2,1H3. The first-order chi connectivity index (χ1) is 8.49. The van der Waals surface area contributed by atoms with Crippen LogP contribution in [0.2, 0.25) is 0 Å². The first-order valence-electron chi connectivity index (χ1n) is 5.02. The molecule has 18 heavy (non-hydrogen) atoms. The maximum atomic E-state index is 11.3. The van der Waals surface area contributed by atoms with Gasteiger partial charge in [0.05, 0.1) is 18.0 Å². The fourth-order valence-electron chi connectivity index (χ4n) is 1.35. The third kappa shape index (κ3) is 3.40. The predicted molar refractivity (Wildman–Crippen MR) is 70.9 cm³/mol.